The van der Waals surface area contributed by atoms with Gasteiger partial charge in [0.2, 0.25) is 0 Å². The van der Waals surface area contributed by atoms with Gasteiger partial charge in [-0.3, -0.25) is 0 Å². The van der Waals surface area contributed by atoms with Crippen LogP contribution < -0.4 is 15.4 Å². The molecule has 0 aliphatic carbocycles. The number of amides is 2. The fourth-order valence-electron chi connectivity index (χ4n) is 2.89. The Bertz CT molecular complexity index is 946. The van der Waals surface area contributed by atoms with E-state index in [-0.39, 0.29) is 34.6 Å². The highest BCUT2D eigenvalue weighted by Gasteiger charge is 2.31. The molecule has 0 saturated heterocycles. The minimum absolute atomic E-state index is 0.0703. The van der Waals surface area contributed by atoms with Gasteiger partial charge in [-0.2, -0.15) is 0 Å². The summed E-state index contributed by atoms with van der Waals surface area (Å²) >= 11 is 6.02. The third-order valence-electron chi connectivity index (χ3n) is 4.17. The molecule has 1 heterocycles. The topological polar surface area (TPSA) is 84.5 Å². The van der Waals surface area contributed by atoms with E-state index in [2.05, 4.69) is 10.6 Å². The lowest BCUT2D eigenvalue weighted by atomic mass is 10.1. The lowest BCUT2D eigenvalue weighted by Gasteiger charge is -2.17. The summed E-state index contributed by atoms with van der Waals surface area (Å²) in [5.41, 5.74) is 1.64. The van der Waals surface area contributed by atoms with Crippen molar-refractivity contribution in [2.24, 2.45) is 0 Å². The molecule has 0 aromatic heterocycles. The molecule has 0 spiro atoms. The van der Waals surface area contributed by atoms with Crippen LogP contribution in [0.4, 0.5) is 4.79 Å². The second kappa shape index (κ2) is 7.17. The van der Waals surface area contributed by atoms with Crippen molar-refractivity contribution in [2.45, 2.75) is 30.5 Å². The predicted octanol–water partition coefficient (Wildman–Crippen LogP) is 3.06. The molecular formula is C18H19ClN2O4S. The molecule has 2 N–H and O–H groups in total. The maximum atomic E-state index is 12.2. The number of rotatable bonds is 4. The molecule has 1 aliphatic rings. The predicted molar refractivity (Wildman–Crippen MR) is 99.2 cm³/mol. The molecule has 2 aromatic carbocycles. The highest BCUT2D eigenvalue weighted by Crippen LogP contribution is 2.35. The van der Waals surface area contributed by atoms with Gasteiger partial charge in [0.15, 0.2) is 9.84 Å². The molecule has 0 bridgehead atoms. The minimum atomic E-state index is -3.38. The summed E-state index contributed by atoms with van der Waals surface area (Å²) in [6, 6.07) is 11.6. The largest absolute Gasteiger partial charge is 0.488 e. The highest BCUT2D eigenvalue weighted by atomic mass is 35.5. The van der Waals surface area contributed by atoms with E-state index >= 15 is 0 Å². The first-order chi connectivity index (χ1) is 12.3. The Labute approximate surface area is 157 Å². The number of urea groups is 1. The minimum Gasteiger partial charge on any atom is -0.488 e. The van der Waals surface area contributed by atoms with Crippen LogP contribution in [0.3, 0.4) is 0 Å². The number of para-hydroxylation sites is 1. The number of ether oxygens (including phenoxy) is 1. The molecule has 2 unspecified atom stereocenters. The summed E-state index contributed by atoms with van der Waals surface area (Å²) in [4.78, 5) is 12.3. The molecule has 2 aromatic rings. The molecule has 0 saturated carbocycles. The number of halogens is 1. The van der Waals surface area contributed by atoms with Gasteiger partial charge in [-0.15, -0.1) is 0 Å². The SMILES string of the molecule is CC1Oc2ccccc2C1NC(=O)NCc1ccc(S(C)(=O)=O)c(Cl)c1. The molecule has 6 nitrogen and oxygen atoms in total. The summed E-state index contributed by atoms with van der Waals surface area (Å²) in [7, 11) is -3.38. The quantitative estimate of drug-likeness (QED) is 0.834. The molecule has 26 heavy (non-hydrogen) atoms. The third kappa shape index (κ3) is 3.94. The van der Waals surface area contributed by atoms with E-state index in [0.29, 0.717) is 5.56 Å². The standard InChI is InChI=1S/C18H19ClN2O4S/c1-11-17(13-5-3-4-6-15(13)25-11)21-18(22)20-10-12-7-8-16(14(19)9-12)26(2,23)24/h3-9,11,17H,10H2,1-2H3,(H2,20,21,22). The summed E-state index contributed by atoms with van der Waals surface area (Å²) in [6.07, 6.45) is 0.934. The molecule has 0 radical (unpaired) electrons. The van der Waals surface area contributed by atoms with Gasteiger partial charge in [0, 0.05) is 18.4 Å². The first kappa shape index (κ1) is 18.5. The van der Waals surface area contributed by atoms with Gasteiger partial charge in [0.1, 0.15) is 11.9 Å². The van der Waals surface area contributed by atoms with E-state index < -0.39 is 9.84 Å². The van der Waals surface area contributed by atoms with Crippen LogP contribution in [0.25, 0.3) is 0 Å². The van der Waals surface area contributed by atoms with Crippen molar-refractivity contribution in [3.8, 4) is 5.75 Å². The lowest BCUT2D eigenvalue weighted by molar-refractivity contribution is 0.199. The summed E-state index contributed by atoms with van der Waals surface area (Å²) in [5.74, 6) is 0.772. The van der Waals surface area contributed by atoms with Gasteiger partial charge in [-0.1, -0.05) is 35.9 Å². The molecule has 0 fully saturated rings. The normalized spacial score (nSPS) is 18.7. The van der Waals surface area contributed by atoms with Crippen LogP contribution in [0.5, 0.6) is 5.75 Å². The van der Waals surface area contributed by atoms with Gasteiger partial charge >= 0.3 is 6.03 Å². The van der Waals surface area contributed by atoms with Crippen molar-refractivity contribution >= 4 is 27.5 Å². The summed E-state index contributed by atoms with van der Waals surface area (Å²) in [5, 5.41) is 5.79. The van der Waals surface area contributed by atoms with Crippen molar-refractivity contribution in [1.82, 2.24) is 10.6 Å². The smallest absolute Gasteiger partial charge is 0.315 e. The van der Waals surface area contributed by atoms with Crippen LogP contribution in [0.2, 0.25) is 5.02 Å². The molecule has 138 valence electrons. The highest BCUT2D eigenvalue weighted by molar-refractivity contribution is 7.90. The Balaban J connectivity index is 1.62. The van der Waals surface area contributed by atoms with Crippen molar-refractivity contribution < 1.29 is 17.9 Å². The Morgan fingerprint density at radius 1 is 1.23 bits per heavy atom. The van der Waals surface area contributed by atoms with Gasteiger partial charge in [-0.25, -0.2) is 13.2 Å². The Kier molecular flexibility index (Phi) is 5.11. The monoisotopic (exact) mass is 394 g/mol. The van der Waals surface area contributed by atoms with Crippen LogP contribution in [0.15, 0.2) is 47.4 Å². The number of benzene rings is 2. The van der Waals surface area contributed by atoms with Crippen LogP contribution in [0, 0.1) is 0 Å². The molecule has 8 heteroatoms. The van der Waals surface area contributed by atoms with E-state index in [0.717, 1.165) is 17.6 Å². The van der Waals surface area contributed by atoms with Crippen molar-refractivity contribution in [1.29, 1.82) is 0 Å². The molecule has 2 amide bonds. The van der Waals surface area contributed by atoms with Crippen molar-refractivity contribution in [3.63, 3.8) is 0 Å². The van der Waals surface area contributed by atoms with Crippen LogP contribution in [-0.2, 0) is 16.4 Å². The molecular weight excluding hydrogens is 376 g/mol. The van der Waals surface area contributed by atoms with E-state index in [1.807, 2.05) is 31.2 Å². The lowest BCUT2D eigenvalue weighted by Crippen LogP contribution is -2.40. The zero-order valence-corrected chi connectivity index (χ0v) is 15.9. The second-order valence-corrected chi connectivity index (χ2v) is 8.59. The maximum Gasteiger partial charge on any atom is 0.315 e. The average Bonchev–Trinajstić information content (AvgIpc) is 2.88. The maximum absolute atomic E-state index is 12.2. The van der Waals surface area contributed by atoms with E-state index in [9.17, 15) is 13.2 Å². The Morgan fingerprint density at radius 3 is 2.65 bits per heavy atom. The molecule has 1 aliphatic heterocycles. The van der Waals surface area contributed by atoms with Gasteiger partial charge < -0.3 is 15.4 Å². The van der Waals surface area contributed by atoms with Crippen LogP contribution >= 0.6 is 11.6 Å². The number of nitrogens with one attached hydrogen (secondary N) is 2. The number of carbonyl (C=O) groups is 1. The van der Waals surface area contributed by atoms with E-state index in [1.165, 1.54) is 12.1 Å². The summed E-state index contributed by atoms with van der Waals surface area (Å²) < 4.78 is 28.9. The Morgan fingerprint density at radius 2 is 1.96 bits per heavy atom. The van der Waals surface area contributed by atoms with E-state index in [1.54, 1.807) is 6.07 Å². The number of fused-ring (bicyclic) bond motifs is 1. The van der Waals surface area contributed by atoms with Crippen molar-refractivity contribution in [2.75, 3.05) is 6.26 Å². The second-order valence-electron chi connectivity index (χ2n) is 6.20. The number of sulfone groups is 1. The van der Waals surface area contributed by atoms with Crippen LogP contribution in [0.1, 0.15) is 24.1 Å². The molecule has 2 atom stereocenters. The third-order valence-corrected chi connectivity index (χ3v) is 5.75. The van der Waals surface area contributed by atoms with Gasteiger partial charge in [0.05, 0.1) is 16.0 Å². The zero-order chi connectivity index (χ0) is 18.9. The fourth-order valence-corrected chi connectivity index (χ4v) is 4.24. The van der Waals surface area contributed by atoms with E-state index in [4.69, 9.17) is 16.3 Å². The first-order valence-corrected chi connectivity index (χ1v) is 10.3. The van der Waals surface area contributed by atoms with Crippen LogP contribution in [-0.4, -0.2) is 26.8 Å². The Hall–Kier alpha value is -2.25. The van der Waals surface area contributed by atoms with Crippen molar-refractivity contribution in [3.05, 3.63) is 58.6 Å². The number of carbonyl (C=O) groups excluding carboxylic acids is 1. The van der Waals surface area contributed by atoms with Gasteiger partial charge in [-0.05, 0) is 30.7 Å². The zero-order valence-electron chi connectivity index (χ0n) is 14.3. The van der Waals surface area contributed by atoms with Gasteiger partial charge in [0.25, 0.3) is 0 Å². The fraction of sp³-hybridized carbons (Fsp3) is 0.278. The first-order valence-electron chi connectivity index (χ1n) is 8.04. The molecule has 3 rings (SSSR count). The number of hydrogen-bond acceptors (Lipinski definition) is 4. The average molecular weight is 395 g/mol. The summed E-state index contributed by atoms with van der Waals surface area (Å²) in [6.45, 7) is 2.12. The number of hydrogen-bond donors (Lipinski definition) is 2.